The monoisotopic (exact) mass is 260 g/mol. The topological polar surface area (TPSA) is 64.4 Å². The molecule has 100 valence electrons. The van der Waals surface area contributed by atoms with Gasteiger partial charge in [-0.2, -0.15) is 0 Å². The molecule has 2 aromatic rings. The highest BCUT2D eigenvalue weighted by atomic mass is 16.5. The Morgan fingerprint density at radius 2 is 2.32 bits per heavy atom. The summed E-state index contributed by atoms with van der Waals surface area (Å²) in [6.45, 7) is 2.53. The molecule has 2 aromatic heterocycles. The summed E-state index contributed by atoms with van der Waals surface area (Å²) in [5, 5.41) is 3.29. The lowest BCUT2D eigenvalue weighted by atomic mass is 10.2. The van der Waals surface area contributed by atoms with Crippen molar-refractivity contribution in [2.24, 2.45) is 0 Å². The smallest absolute Gasteiger partial charge is 0.374 e. The molecule has 0 radical (unpaired) electrons. The number of carbonyl (C=O) groups excluding carboxylic acids is 1. The van der Waals surface area contributed by atoms with Crippen molar-refractivity contribution in [2.75, 3.05) is 7.11 Å². The average molecular weight is 260 g/mol. The highest BCUT2D eigenvalue weighted by Gasteiger charge is 2.16. The van der Waals surface area contributed by atoms with Crippen LogP contribution in [0.2, 0.25) is 0 Å². The predicted octanol–water partition coefficient (Wildman–Crippen LogP) is 2.31. The number of rotatable bonds is 5. The molecule has 0 aliphatic carbocycles. The standard InChI is InChI=1S/C14H16N2O3/c1-10(12-5-3-4-7-15-12)16-9-11-6-8-19-13(11)14(17)18-2/h3-8,10,16H,9H2,1-2H3. The number of nitrogens with one attached hydrogen (secondary N) is 1. The van der Waals surface area contributed by atoms with Gasteiger partial charge >= 0.3 is 5.97 Å². The summed E-state index contributed by atoms with van der Waals surface area (Å²) in [7, 11) is 1.33. The van der Waals surface area contributed by atoms with Crippen LogP contribution in [-0.2, 0) is 11.3 Å². The maximum absolute atomic E-state index is 11.5. The van der Waals surface area contributed by atoms with Crippen LogP contribution in [0.25, 0.3) is 0 Å². The molecule has 2 heterocycles. The Balaban J connectivity index is 2.00. The van der Waals surface area contributed by atoms with Gasteiger partial charge in [0.15, 0.2) is 0 Å². The zero-order chi connectivity index (χ0) is 13.7. The highest BCUT2D eigenvalue weighted by Crippen LogP contribution is 2.14. The van der Waals surface area contributed by atoms with Gasteiger partial charge in [0.25, 0.3) is 0 Å². The third-order valence-corrected chi connectivity index (χ3v) is 2.85. The van der Waals surface area contributed by atoms with Crippen molar-refractivity contribution in [2.45, 2.75) is 19.5 Å². The number of hydrogen-bond acceptors (Lipinski definition) is 5. The molecule has 1 unspecified atom stereocenters. The van der Waals surface area contributed by atoms with E-state index in [1.54, 1.807) is 12.3 Å². The van der Waals surface area contributed by atoms with Crippen molar-refractivity contribution < 1.29 is 13.9 Å². The first-order valence-corrected chi connectivity index (χ1v) is 6.01. The number of methoxy groups -OCH3 is 1. The second kappa shape index (κ2) is 6.15. The number of esters is 1. The second-order valence-electron chi connectivity index (χ2n) is 4.12. The van der Waals surface area contributed by atoms with Gasteiger partial charge in [-0.3, -0.25) is 4.98 Å². The summed E-state index contributed by atoms with van der Waals surface area (Å²) >= 11 is 0. The van der Waals surface area contributed by atoms with Crippen LogP contribution in [0.3, 0.4) is 0 Å². The fourth-order valence-corrected chi connectivity index (χ4v) is 1.75. The first kappa shape index (κ1) is 13.3. The van der Waals surface area contributed by atoms with Gasteiger partial charge in [0.1, 0.15) is 0 Å². The molecule has 5 nitrogen and oxygen atoms in total. The first-order chi connectivity index (χ1) is 9.22. The third kappa shape index (κ3) is 3.20. The van der Waals surface area contributed by atoms with Crippen molar-refractivity contribution in [1.29, 1.82) is 0 Å². The molecule has 0 aromatic carbocycles. The minimum Gasteiger partial charge on any atom is -0.463 e. The van der Waals surface area contributed by atoms with E-state index in [2.05, 4.69) is 15.0 Å². The van der Waals surface area contributed by atoms with Crippen LogP contribution in [0.1, 0.15) is 34.8 Å². The molecule has 19 heavy (non-hydrogen) atoms. The van der Waals surface area contributed by atoms with Gasteiger partial charge in [0.05, 0.1) is 19.1 Å². The van der Waals surface area contributed by atoms with Gasteiger partial charge in [0.2, 0.25) is 5.76 Å². The lowest BCUT2D eigenvalue weighted by Gasteiger charge is -2.12. The number of hydrogen-bond donors (Lipinski definition) is 1. The Kier molecular flexibility index (Phi) is 4.30. The van der Waals surface area contributed by atoms with Crippen molar-refractivity contribution in [1.82, 2.24) is 10.3 Å². The van der Waals surface area contributed by atoms with Crippen LogP contribution in [0, 0.1) is 0 Å². The number of carbonyl (C=O) groups is 1. The molecule has 0 aliphatic rings. The second-order valence-corrected chi connectivity index (χ2v) is 4.12. The number of nitrogens with zero attached hydrogens (tertiary/aromatic N) is 1. The third-order valence-electron chi connectivity index (χ3n) is 2.85. The van der Waals surface area contributed by atoms with Gasteiger partial charge in [0, 0.05) is 24.3 Å². The van der Waals surface area contributed by atoms with Gasteiger partial charge in [-0.1, -0.05) is 6.07 Å². The van der Waals surface area contributed by atoms with Crippen LogP contribution in [0.5, 0.6) is 0 Å². The van der Waals surface area contributed by atoms with Gasteiger partial charge < -0.3 is 14.5 Å². The zero-order valence-corrected chi connectivity index (χ0v) is 10.9. The van der Waals surface area contributed by atoms with Crippen LogP contribution >= 0.6 is 0 Å². The average Bonchev–Trinajstić information content (AvgIpc) is 2.93. The first-order valence-electron chi connectivity index (χ1n) is 6.01. The Labute approximate surface area is 111 Å². The largest absolute Gasteiger partial charge is 0.463 e. The molecular weight excluding hydrogens is 244 g/mol. The minimum atomic E-state index is -0.465. The van der Waals surface area contributed by atoms with Gasteiger partial charge in [-0.15, -0.1) is 0 Å². The van der Waals surface area contributed by atoms with E-state index in [9.17, 15) is 4.79 Å². The molecule has 0 saturated heterocycles. The summed E-state index contributed by atoms with van der Waals surface area (Å²) in [4.78, 5) is 15.7. The van der Waals surface area contributed by atoms with Gasteiger partial charge in [-0.05, 0) is 25.1 Å². The zero-order valence-electron chi connectivity index (χ0n) is 10.9. The van der Waals surface area contributed by atoms with Crippen LogP contribution in [-0.4, -0.2) is 18.1 Å². The fraction of sp³-hybridized carbons (Fsp3) is 0.286. The fourth-order valence-electron chi connectivity index (χ4n) is 1.75. The molecular formula is C14H16N2O3. The molecule has 0 bridgehead atoms. The molecule has 2 rings (SSSR count). The maximum Gasteiger partial charge on any atom is 0.374 e. The Bertz CT molecular complexity index is 537. The molecule has 0 aliphatic heterocycles. The normalized spacial score (nSPS) is 12.1. The Hall–Kier alpha value is -2.14. The summed E-state index contributed by atoms with van der Waals surface area (Å²) in [6.07, 6.45) is 3.24. The Morgan fingerprint density at radius 3 is 3.00 bits per heavy atom. The number of aromatic nitrogens is 1. The van der Waals surface area contributed by atoms with E-state index in [-0.39, 0.29) is 11.8 Å². The van der Waals surface area contributed by atoms with E-state index in [1.165, 1.54) is 13.4 Å². The number of pyridine rings is 1. The molecule has 0 fully saturated rings. The van der Waals surface area contributed by atoms with E-state index in [0.717, 1.165) is 11.3 Å². The van der Waals surface area contributed by atoms with E-state index < -0.39 is 5.97 Å². The molecule has 1 N–H and O–H groups in total. The quantitative estimate of drug-likeness (QED) is 0.836. The highest BCUT2D eigenvalue weighted by molar-refractivity contribution is 5.87. The van der Waals surface area contributed by atoms with Crippen molar-refractivity contribution in [3.63, 3.8) is 0 Å². The minimum absolute atomic E-state index is 0.0848. The van der Waals surface area contributed by atoms with E-state index in [0.29, 0.717) is 6.54 Å². The van der Waals surface area contributed by atoms with Crippen LogP contribution < -0.4 is 5.32 Å². The van der Waals surface area contributed by atoms with Crippen LogP contribution in [0.15, 0.2) is 41.1 Å². The van der Waals surface area contributed by atoms with E-state index >= 15 is 0 Å². The summed E-state index contributed by atoms with van der Waals surface area (Å²) in [5.41, 5.74) is 1.72. The molecule has 5 heteroatoms. The van der Waals surface area contributed by atoms with Crippen molar-refractivity contribution in [3.8, 4) is 0 Å². The summed E-state index contributed by atoms with van der Waals surface area (Å²) in [5.74, 6) is -0.226. The maximum atomic E-state index is 11.5. The summed E-state index contributed by atoms with van der Waals surface area (Å²) in [6, 6.07) is 7.61. The van der Waals surface area contributed by atoms with E-state index in [1.807, 2.05) is 25.1 Å². The van der Waals surface area contributed by atoms with E-state index in [4.69, 9.17) is 4.42 Å². The summed E-state index contributed by atoms with van der Waals surface area (Å²) < 4.78 is 9.78. The van der Waals surface area contributed by atoms with Crippen LogP contribution in [0.4, 0.5) is 0 Å². The predicted molar refractivity (Wildman–Crippen MR) is 69.5 cm³/mol. The lowest BCUT2D eigenvalue weighted by Crippen LogP contribution is -2.20. The SMILES string of the molecule is COC(=O)c1occc1CNC(C)c1ccccn1. The molecule has 0 saturated carbocycles. The molecule has 0 amide bonds. The molecule has 1 atom stereocenters. The molecule has 0 spiro atoms. The van der Waals surface area contributed by atoms with Crippen molar-refractivity contribution >= 4 is 5.97 Å². The number of ether oxygens (including phenoxy) is 1. The number of furan rings is 1. The Morgan fingerprint density at radius 1 is 1.47 bits per heavy atom. The van der Waals surface area contributed by atoms with Crippen molar-refractivity contribution in [3.05, 3.63) is 53.7 Å². The lowest BCUT2D eigenvalue weighted by molar-refractivity contribution is 0.0563. The van der Waals surface area contributed by atoms with Gasteiger partial charge in [-0.25, -0.2) is 4.79 Å².